The fourth-order valence-electron chi connectivity index (χ4n) is 2.36. The molecule has 0 spiro atoms. The summed E-state index contributed by atoms with van der Waals surface area (Å²) in [7, 11) is 0. The first-order valence-electron chi connectivity index (χ1n) is 7.37. The van der Waals surface area contributed by atoms with Gasteiger partial charge in [-0.1, -0.05) is 23.7 Å². The van der Waals surface area contributed by atoms with Crippen LogP contribution in [0.5, 0.6) is 0 Å². The molecule has 0 atom stereocenters. The van der Waals surface area contributed by atoms with E-state index in [-0.39, 0.29) is 0 Å². The largest absolute Gasteiger partial charge is 0.352 e. The molecule has 0 aliphatic carbocycles. The van der Waals surface area contributed by atoms with Crippen LogP contribution in [0.25, 0.3) is 0 Å². The average Bonchev–Trinajstić information content (AvgIpc) is 2.61. The van der Waals surface area contributed by atoms with Crippen molar-refractivity contribution in [2.24, 2.45) is 0 Å². The molecule has 1 aliphatic rings. The first-order valence-corrected chi connectivity index (χ1v) is 7.75. The van der Waals surface area contributed by atoms with Gasteiger partial charge >= 0.3 is 0 Å². The number of anilines is 2. The zero-order valence-electron chi connectivity index (χ0n) is 12.5. The number of rotatable bonds is 5. The number of halogens is 1. The molecule has 0 saturated carbocycles. The van der Waals surface area contributed by atoms with Crippen LogP contribution in [0.3, 0.4) is 0 Å². The van der Waals surface area contributed by atoms with E-state index in [4.69, 9.17) is 11.6 Å². The van der Waals surface area contributed by atoms with Crippen LogP contribution in [-0.2, 0) is 11.3 Å². The molecule has 1 aromatic heterocycles. The predicted octanol–water partition coefficient (Wildman–Crippen LogP) is 1.42. The lowest BCUT2D eigenvalue weighted by molar-refractivity contribution is -0.118. The van der Waals surface area contributed by atoms with E-state index < -0.39 is 0 Å². The van der Waals surface area contributed by atoms with Gasteiger partial charge in [0.15, 0.2) is 5.82 Å². The lowest BCUT2D eigenvalue weighted by atomic mass is 10.2. The van der Waals surface area contributed by atoms with Crippen molar-refractivity contribution in [2.45, 2.75) is 6.54 Å². The molecule has 1 fully saturated rings. The van der Waals surface area contributed by atoms with Gasteiger partial charge in [-0.05, 0) is 17.7 Å². The molecule has 23 heavy (non-hydrogen) atoms. The van der Waals surface area contributed by atoms with E-state index in [0.29, 0.717) is 30.6 Å². The standard InChI is InChI=1S/C15H17ClN6O/c16-13-3-1-12(2-4-13)9-17-15-19-14(10-18-20-15)22-7-5-21(11-23)6-8-22/h1-4,10-11H,5-9H2,(H,17,19,20). The van der Waals surface area contributed by atoms with E-state index in [2.05, 4.69) is 25.4 Å². The monoisotopic (exact) mass is 332 g/mol. The lowest BCUT2D eigenvalue weighted by Gasteiger charge is -2.33. The molecular weight excluding hydrogens is 316 g/mol. The molecule has 2 aromatic rings. The van der Waals surface area contributed by atoms with Gasteiger partial charge in [0.1, 0.15) is 0 Å². The SMILES string of the molecule is O=CN1CCN(c2cnnc(NCc3ccc(Cl)cc3)n2)CC1. The third-order valence-corrected chi connectivity index (χ3v) is 3.95. The van der Waals surface area contributed by atoms with Crippen LogP contribution in [0.4, 0.5) is 11.8 Å². The Morgan fingerprint density at radius 3 is 2.61 bits per heavy atom. The quantitative estimate of drug-likeness (QED) is 0.835. The molecule has 1 N–H and O–H groups in total. The van der Waals surface area contributed by atoms with Gasteiger partial charge in [0, 0.05) is 37.7 Å². The second-order valence-corrected chi connectivity index (χ2v) is 5.68. The number of hydrogen-bond acceptors (Lipinski definition) is 6. The number of hydrogen-bond donors (Lipinski definition) is 1. The van der Waals surface area contributed by atoms with Gasteiger partial charge in [-0.2, -0.15) is 10.1 Å². The van der Waals surface area contributed by atoms with Crippen molar-refractivity contribution < 1.29 is 4.79 Å². The van der Waals surface area contributed by atoms with Crippen molar-refractivity contribution in [3.05, 3.63) is 41.0 Å². The Labute approximate surface area is 139 Å². The summed E-state index contributed by atoms with van der Waals surface area (Å²) in [4.78, 5) is 19.1. The molecule has 2 heterocycles. The summed E-state index contributed by atoms with van der Waals surface area (Å²) >= 11 is 5.87. The van der Waals surface area contributed by atoms with E-state index in [0.717, 1.165) is 30.9 Å². The first kappa shape index (κ1) is 15.5. The topological polar surface area (TPSA) is 74.2 Å². The van der Waals surface area contributed by atoms with E-state index in [1.807, 2.05) is 24.3 Å². The molecule has 0 radical (unpaired) electrons. The van der Waals surface area contributed by atoms with Crippen molar-refractivity contribution in [1.82, 2.24) is 20.1 Å². The Kier molecular flexibility index (Phi) is 4.87. The zero-order valence-corrected chi connectivity index (χ0v) is 13.3. The van der Waals surface area contributed by atoms with E-state index >= 15 is 0 Å². The van der Waals surface area contributed by atoms with Crippen molar-refractivity contribution in [3.8, 4) is 0 Å². The van der Waals surface area contributed by atoms with Crippen LogP contribution < -0.4 is 10.2 Å². The minimum absolute atomic E-state index is 0.482. The average molecular weight is 333 g/mol. The number of carbonyl (C=O) groups excluding carboxylic acids is 1. The molecule has 1 aliphatic heterocycles. The Bertz CT molecular complexity index is 657. The Morgan fingerprint density at radius 1 is 1.17 bits per heavy atom. The molecule has 1 amide bonds. The molecule has 0 bridgehead atoms. The predicted molar refractivity (Wildman–Crippen MR) is 88.5 cm³/mol. The third-order valence-electron chi connectivity index (χ3n) is 3.70. The van der Waals surface area contributed by atoms with Crippen LogP contribution in [-0.4, -0.2) is 52.7 Å². The Morgan fingerprint density at radius 2 is 1.91 bits per heavy atom. The summed E-state index contributed by atoms with van der Waals surface area (Å²) in [6, 6.07) is 7.59. The van der Waals surface area contributed by atoms with Gasteiger partial charge in [0.25, 0.3) is 0 Å². The van der Waals surface area contributed by atoms with E-state index in [1.54, 1.807) is 11.1 Å². The highest BCUT2D eigenvalue weighted by Gasteiger charge is 2.17. The zero-order chi connectivity index (χ0) is 16.1. The van der Waals surface area contributed by atoms with Gasteiger partial charge in [-0.25, -0.2) is 0 Å². The normalized spacial score (nSPS) is 14.7. The summed E-state index contributed by atoms with van der Waals surface area (Å²) in [6.45, 7) is 3.48. The Balaban J connectivity index is 1.61. The van der Waals surface area contributed by atoms with Crippen molar-refractivity contribution >= 4 is 29.8 Å². The van der Waals surface area contributed by atoms with Crippen LogP contribution in [0.1, 0.15) is 5.56 Å². The maximum atomic E-state index is 10.7. The molecule has 0 unspecified atom stereocenters. The highest BCUT2D eigenvalue weighted by molar-refractivity contribution is 6.30. The van der Waals surface area contributed by atoms with Gasteiger partial charge in [0.2, 0.25) is 12.4 Å². The summed E-state index contributed by atoms with van der Waals surface area (Å²) in [5.41, 5.74) is 1.09. The fraction of sp³-hybridized carbons (Fsp3) is 0.333. The van der Waals surface area contributed by atoms with Crippen molar-refractivity contribution in [1.29, 1.82) is 0 Å². The van der Waals surface area contributed by atoms with Gasteiger partial charge in [-0.15, -0.1) is 5.10 Å². The molecule has 7 nitrogen and oxygen atoms in total. The summed E-state index contributed by atoms with van der Waals surface area (Å²) < 4.78 is 0. The van der Waals surface area contributed by atoms with Crippen molar-refractivity contribution in [3.63, 3.8) is 0 Å². The van der Waals surface area contributed by atoms with Gasteiger partial charge < -0.3 is 15.1 Å². The molecule has 1 aromatic carbocycles. The van der Waals surface area contributed by atoms with E-state index in [1.165, 1.54) is 0 Å². The fourth-order valence-corrected chi connectivity index (χ4v) is 2.49. The molecular formula is C15H17ClN6O. The smallest absolute Gasteiger partial charge is 0.244 e. The summed E-state index contributed by atoms with van der Waals surface area (Å²) in [6.07, 6.45) is 2.53. The minimum atomic E-state index is 0.482. The van der Waals surface area contributed by atoms with Crippen molar-refractivity contribution in [2.75, 3.05) is 36.4 Å². The lowest BCUT2D eigenvalue weighted by Crippen LogP contribution is -2.46. The molecule has 3 rings (SSSR count). The minimum Gasteiger partial charge on any atom is -0.352 e. The Hall–Kier alpha value is -2.41. The van der Waals surface area contributed by atoms with Gasteiger partial charge in [-0.3, -0.25) is 4.79 Å². The van der Waals surface area contributed by atoms with Crippen LogP contribution in [0.2, 0.25) is 5.02 Å². The number of aromatic nitrogens is 3. The highest BCUT2D eigenvalue weighted by atomic mass is 35.5. The number of benzene rings is 1. The number of piperazine rings is 1. The van der Waals surface area contributed by atoms with E-state index in [9.17, 15) is 4.79 Å². The first-order chi connectivity index (χ1) is 11.2. The highest BCUT2D eigenvalue weighted by Crippen LogP contribution is 2.14. The van der Waals surface area contributed by atoms with Crippen LogP contribution in [0.15, 0.2) is 30.5 Å². The molecule has 8 heteroatoms. The van der Waals surface area contributed by atoms with Crippen LogP contribution >= 0.6 is 11.6 Å². The number of nitrogens with zero attached hydrogens (tertiary/aromatic N) is 5. The number of carbonyl (C=O) groups is 1. The second-order valence-electron chi connectivity index (χ2n) is 5.25. The third kappa shape index (κ3) is 4.07. The maximum Gasteiger partial charge on any atom is 0.244 e. The maximum absolute atomic E-state index is 10.7. The molecule has 120 valence electrons. The number of amides is 1. The van der Waals surface area contributed by atoms with Gasteiger partial charge in [0.05, 0.1) is 6.20 Å². The second kappa shape index (κ2) is 7.23. The molecule has 1 saturated heterocycles. The summed E-state index contributed by atoms with van der Waals surface area (Å²) in [5, 5.41) is 11.9. The summed E-state index contributed by atoms with van der Waals surface area (Å²) in [5.74, 6) is 1.25. The number of nitrogens with one attached hydrogen (secondary N) is 1. The van der Waals surface area contributed by atoms with Crippen LogP contribution in [0, 0.1) is 0 Å².